The smallest absolute Gasteiger partial charge is 0.255 e. The Morgan fingerprint density at radius 2 is 1.65 bits per heavy atom. The molecule has 0 unspecified atom stereocenters. The Labute approximate surface area is 178 Å². The molecule has 3 aromatic carbocycles. The van der Waals surface area contributed by atoms with E-state index in [0.717, 1.165) is 16.6 Å². The fourth-order valence-corrected chi connectivity index (χ4v) is 3.19. The lowest BCUT2D eigenvalue weighted by Crippen LogP contribution is -2.22. The fraction of sp³-hybridized carbons (Fsp3) is 0.0870. The third kappa shape index (κ3) is 4.18. The van der Waals surface area contributed by atoms with E-state index in [1.54, 1.807) is 36.4 Å². The van der Waals surface area contributed by atoms with Gasteiger partial charge in [-0.05, 0) is 55.5 Å². The minimum atomic E-state index is -0.285. The number of H-pyrrole nitrogens is 1. The van der Waals surface area contributed by atoms with Crippen LogP contribution in [0.1, 0.15) is 27.6 Å². The Hall–Kier alpha value is -4.33. The number of carbonyl (C=O) groups excluding carboxylic acids is 2. The van der Waals surface area contributed by atoms with Gasteiger partial charge in [0.05, 0.1) is 22.4 Å². The molecule has 1 heterocycles. The van der Waals surface area contributed by atoms with E-state index in [-0.39, 0.29) is 11.8 Å². The number of imidazole rings is 1. The minimum absolute atomic E-state index is 0.109. The molecule has 8 nitrogen and oxygen atoms in total. The van der Waals surface area contributed by atoms with Crippen LogP contribution >= 0.6 is 0 Å². The Morgan fingerprint density at radius 1 is 0.903 bits per heavy atom. The summed E-state index contributed by atoms with van der Waals surface area (Å²) in [6.45, 7) is 2.46. The molecule has 8 heteroatoms. The van der Waals surface area contributed by atoms with Gasteiger partial charge in [-0.25, -0.2) is 4.98 Å². The van der Waals surface area contributed by atoms with Crippen LogP contribution in [0, 0.1) is 0 Å². The molecule has 7 N–H and O–H groups in total. The van der Waals surface area contributed by atoms with E-state index in [1.165, 1.54) is 0 Å². The molecule has 4 aromatic rings. The molecule has 0 aliphatic heterocycles. The summed E-state index contributed by atoms with van der Waals surface area (Å²) < 4.78 is 0. The average Bonchev–Trinajstić information content (AvgIpc) is 3.19. The molecular weight excluding hydrogens is 392 g/mol. The van der Waals surface area contributed by atoms with Gasteiger partial charge in [-0.3, -0.25) is 9.59 Å². The number of carbonyl (C=O) groups is 2. The lowest BCUT2D eigenvalue weighted by Gasteiger charge is -2.07. The third-order valence-corrected chi connectivity index (χ3v) is 4.85. The van der Waals surface area contributed by atoms with Crippen LogP contribution < -0.4 is 22.1 Å². The quantitative estimate of drug-likeness (QED) is 0.319. The van der Waals surface area contributed by atoms with E-state index in [9.17, 15) is 9.59 Å². The molecule has 2 amide bonds. The van der Waals surface area contributed by atoms with E-state index in [2.05, 4.69) is 20.6 Å². The number of aromatic nitrogens is 2. The average molecular weight is 414 g/mol. The number of aromatic amines is 1. The molecule has 0 aliphatic rings. The van der Waals surface area contributed by atoms with Crippen LogP contribution in [0.15, 0.2) is 60.7 Å². The van der Waals surface area contributed by atoms with Crippen molar-refractivity contribution in [2.45, 2.75) is 6.92 Å². The van der Waals surface area contributed by atoms with Crippen LogP contribution in [0.25, 0.3) is 22.4 Å². The van der Waals surface area contributed by atoms with Gasteiger partial charge in [-0.2, -0.15) is 0 Å². The zero-order valence-corrected chi connectivity index (χ0v) is 16.9. The molecule has 0 aliphatic carbocycles. The SMILES string of the molecule is CCNC(=O)c1ccc(-c2nc3ccc(NC(=O)c4ccc(N)c(N)c4)cc3[nH]2)cc1. The molecular formula is C23H22N6O2. The van der Waals surface area contributed by atoms with Crippen molar-refractivity contribution in [1.29, 1.82) is 0 Å². The highest BCUT2D eigenvalue weighted by atomic mass is 16.2. The van der Waals surface area contributed by atoms with E-state index in [4.69, 9.17) is 11.5 Å². The fourth-order valence-electron chi connectivity index (χ4n) is 3.19. The number of nitrogens with two attached hydrogens (primary N) is 2. The van der Waals surface area contributed by atoms with Crippen molar-refractivity contribution in [2.24, 2.45) is 0 Å². The summed E-state index contributed by atoms with van der Waals surface area (Å²) in [5, 5.41) is 5.62. The number of nitrogen functional groups attached to an aromatic ring is 2. The highest BCUT2D eigenvalue weighted by molar-refractivity contribution is 6.06. The first-order valence-electron chi connectivity index (χ1n) is 9.79. The van der Waals surface area contributed by atoms with Gasteiger partial charge in [0.25, 0.3) is 11.8 Å². The van der Waals surface area contributed by atoms with Crippen LogP contribution in [0.5, 0.6) is 0 Å². The summed E-state index contributed by atoms with van der Waals surface area (Å²) in [6, 6.07) is 17.4. The standard InChI is InChI=1S/C23H22N6O2/c1-2-26-22(30)14-5-3-13(4-6-14)21-28-19-10-8-16(12-20(19)29-21)27-23(31)15-7-9-17(24)18(25)11-15/h3-12H,2,24-25H2,1H3,(H,26,30)(H,27,31)(H,28,29). The molecule has 156 valence electrons. The Balaban J connectivity index is 1.54. The van der Waals surface area contributed by atoms with Crippen molar-refractivity contribution in [3.8, 4) is 11.4 Å². The number of hydrogen-bond donors (Lipinski definition) is 5. The van der Waals surface area contributed by atoms with Gasteiger partial charge < -0.3 is 27.1 Å². The molecule has 0 saturated carbocycles. The Morgan fingerprint density at radius 3 is 2.35 bits per heavy atom. The van der Waals surface area contributed by atoms with Gasteiger partial charge >= 0.3 is 0 Å². The Kier molecular flexibility index (Phi) is 5.28. The summed E-state index contributed by atoms with van der Waals surface area (Å²) in [5.74, 6) is 0.279. The van der Waals surface area contributed by atoms with Crippen LogP contribution in [-0.2, 0) is 0 Å². The van der Waals surface area contributed by atoms with Gasteiger partial charge in [0.2, 0.25) is 0 Å². The summed E-state index contributed by atoms with van der Waals surface area (Å²) in [6.07, 6.45) is 0. The highest BCUT2D eigenvalue weighted by Crippen LogP contribution is 2.24. The first-order chi connectivity index (χ1) is 14.9. The molecule has 1 aromatic heterocycles. The second-order valence-corrected chi connectivity index (χ2v) is 7.05. The van der Waals surface area contributed by atoms with E-state index in [1.807, 2.05) is 31.2 Å². The van der Waals surface area contributed by atoms with Crippen molar-refractivity contribution >= 4 is 39.9 Å². The Bertz CT molecular complexity index is 1280. The van der Waals surface area contributed by atoms with Crippen LogP contribution in [0.3, 0.4) is 0 Å². The van der Waals surface area contributed by atoms with E-state index in [0.29, 0.717) is 40.6 Å². The molecule has 0 bridgehead atoms. The number of nitrogens with zero attached hydrogens (tertiary/aromatic N) is 1. The first-order valence-corrected chi connectivity index (χ1v) is 9.79. The summed E-state index contributed by atoms with van der Waals surface area (Å²) >= 11 is 0. The third-order valence-electron chi connectivity index (χ3n) is 4.85. The van der Waals surface area contributed by atoms with Crippen LogP contribution in [0.4, 0.5) is 17.1 Å². The van der Waals surface area contributed by atoms with Crippen molar-refractivity contribution in [3.05, 3.63) is 71.8 Å². The maximum absolute atomic E-state index is 12.5. The number of fused-ring (bicyclic) bond motifs is 1. The topological polar surface area (TPSA) is 139 Å². The maximum Gasteiger partial charge on any atom is 0.255 e. The number of benzene rings is 3. The lowest BCUT2D eigenvalue weighted by molar-refractivity contribution is 0.0955. The zero-order valence-electron chi connectivity index (χ0n) is 16.9. The predicted molar refractivity (Wildman–Crippen MR) is 123 cm³/mol. The van der Waals surface area contributed by atoms with Crippen LogP contribution in [0.2, 0.25) is 0 Å². The van der Waals surface area contributed by atoms with Gasteiger partial charge in [-0.1, -0.05) is 12.1 Å². The highest BCUT2D eigenvalue weighted by Gasteiger charge is 2.11. The summed E-state index contributed by atoms with van der Waals surface area (Å²) in [7, 11) is 0. The lowest BCUT2D eigenvalue weighted by atomic mass is 10.1. The number of nitrogens with one attached hydrogen (secondary N) is 3. The first kappa shape index (κ1) is 20.0. The molecule has 0 atom stereocenters. The zero-order chi connectivity index (χ0) is 22.0. The maximum atomic E-state index is 12.5. The largest absolute Gasteiger partial charge is 0.397 e. The second-order valence-electron chi connectivity index (χ2n) is 7.05. The van der Waals surface area contributed by atoms with Crippen molar-refractivity contribution < 1.29 is 9.59 Å². The number of amides is 2. The van der Waals surface area contributed by atoms with Crippen LogP contribution in [-0.4, -0.2) is 28.3 Å². The van der Waals surface area contributed by atoms with Gasteiger partial charge in [0, 0.05) is 28.9 Å². The molecule has 0 spiro atoms. The molecule has 0 fully saturated rings. The van der Waals surface area contributed by atoms with E-state index < -0.39 is 0 Å². The second kappa shape index (κ2) is 8.19. The van der Waals surface area contributed by atoms with Gasteiger partial charge in [0.15, 0.2) is 0 Å². The van der Waals surface area contributed by atoms with Gasteiger partial charge in [0.1, 0.15) is 5.82 Å². The minimum Gasteiger partial charge on any atom is -0.397 e. The number of anilines is 3. The predicted octanol–water partition coefficient (Wildman–Crippen LogP) is 3.40. The number of hydrogen-bond acceptors (Lipinski definition) is 5. The van der Waals surface area contributed by atoms with Crippen molar-refractivity contribution in [1.82, 2.24) is 15.3 Å². The monoisotopic (exact) mass is 414 g/mol. The molecule has 4 rings (SSSR count). The number of rotatable bonds is 5. The van der Waals surface area contributed by atoms with Crippen molar-refractivity contribution in [3.63, 3.8) is 0 Å². The summed E-state index contributed by atoms with van der Waals surface area (Å²) in [5.41, 5.74) is 16.3. The molecule has 0 radical (unpaired) electrons. The molecule has 31 heavy (non-hydrogen) atoms. The summed E-state index contributed by atoms with van der Waals surface area (Å²) in [4.78, 5) is 32.3. The normalized spacial score (nSPS) is 10.7. The van der Waals surface area contributed by atoms with Crippen molar-refractivity contribution in [2.75, 3.05) is 23.3 Å². The molecule has 0 saturated heterocycles. The van der Waals surface area contributed by atoms with Gasteiger partial charge in [-0.15, -0.1) is 0 Å². The van der Waals surface area contributed by atoms with E-state index >= 15 is 0 Å².